The summed E-state index contributed by atoms with van der Waals surface area (Å²) in [6, 6.07) is 13.8. The highest BCUT2D eigenvalue weighted by Crippen LogP contribution is 2.35. The number of rotatable bonds is 5. The number of fused-ring (bicyclic) bond motifs is 1. The van der Waals surface area contributed by atoms with Crippen molar-refractivity contribution in [2.45, 2.75) is 38.8 Å². The highest BCUT2D eigenvalue weighted by atomic mass is 32.2. The van der Waals surface area contributed by atoms with Gasteiger partial charge in [-0.1, -0.05) is 49.2 Å². The topological polar surface area (TPSA) is 62.6 Å². The van der Waals surface area contributed by atoms with Crippen LogP contribution in [-0.4, -0.2) is 44.5 Å². The van der Waals surface area contributed by atoms with Crippen molar-refractivity contribution in [3.8, 4) is 0 Å². The molecule has 35 heavy (non-hydrogen) atoms. The van der Waals surface area contributed by atoms with Crippen LogP contribution >= 0.6 is 11.8 Å². The van der Waals surface area contributed by atoms with Crippen molar-refractivity contribution in [1.82, 2.24) is 14.4 Å². The Morgan fingerprint density at radius 1 is 0.971 bits per heavy atom. The molecule has 0 spiro atoms. The fourth-order valence-corrected chi connectivity index (χ4v) is 5.49. The summed E-state index contributed by atoms with van der Waals surface area (Å²) >= 11 is 0.850. The summed E-state index contributed by atoms with van der Waals surface area (Å²) in [6.45, 7) is 1.70. The van der Waals surface area contributed by atoms with Crippen molar-refractivity contribution in [3.05, 3.63) is 76.6 Å². The minimum absolute atomic E-state index is 0.0874. The molecule has 0 unspecified atom stereocenters. The number of likely N-dealkylation sites (tertiary alicyclic amines) is 1. The lowest BCUT2D eigenvalue weighted by molar-refractivity contribution is -0.131. The second-order valence-corrected chi connectivity index (χ2v) is 9.88. The number of para-hydroxylation sites is 1. The molecule has 0 bridgehead atoms. The van der Waals surface area contributed by atoms with Gasteiger partial charge in [-0.3, -0.25) is 19.3 Å². The molecule has 180 valence electrons. The van der Waals surface area contributed by atoms with Gasteiger partial charge in [0.15, 0.2) is 0 Å². The zero-order chi connectivity index (χ0) is 24.4. The summed E-state index contributed by atoms with van der Waals surface area (Å²) < 4.78 is 16.0. The number of carbonyl (C=O) groups is 3. The molecular weight excluding hydrogens is 465 g/mol. The minimum atomic E-state index is -0.451. The van der Waals surface area contributed by atoms with E-state index >= 15 is 0 Å². The predicted octanol–water partition coefficient (Wildman–Crippen LogP) is 5.42. The van der Waals surface area contributed by atoms with Crippen LogP contribution in [0.5, 0.6) is 0 Å². The predicted molar refractivity (Wildman–Crippen MR) is 135 cm³/mol. The Balaban J connectivity index is 1.40. The molecule has 0 atom stereocenters. The van der Waals surface area contributed by atoms with Crippen LogP contribution in [0.3, 0.4) is 0 Å². The largest absolute Gasteiger partial charge is 0.341 e. The van der Waals surface area contributed by atoms with Gasteiger partial charge in [-0.05, 0) is 42.8 Å². The second-order valence-electron chi connectivity index (χ2n) is 8.88. The van der Waals surface area contributed by atoms with Gasteiger partial charge in [0.1, 0.15) is 12.4 Å². The number of hydrogen-bond donors (Lipinski definition) is 0. The van der Waals surface area contributed by atoms with E-state index in [1.165, 1.54) is 6.07 Å². The van der Waals surface area contributed by atoms with Crippen LogP contribution in [0.2, 0.25) is 0 Å². The van der Waals surface area contributed by atoms with Gasteiger partial charge in [0.2, 0.25) is 5.91 Å². The molecule has 1 aromatic heterocycles. The van der Waals surface area contributed by atoms with Crippen LogP contribution in [0.15, 0.2) is 59.6 Å². The molecule has 6 nitrogen and oxygen atoms in total. The first kappa shape index (κ1) is 23.4. The lowest BCUT2D eigenvalue weighted by atomic mass is 10.1. The molecule has 2 aromatic carbocycles. The van der Waals surface area contributed by atoms with E-state index in [9.17, 15) is 18.8 Å². The van der Waals surface area contributed by atoms with Gasteiger partial charge in [0.05, 0.1) is 11.4 Å². The number of benzene rings is 2. The van der Waals surface area contributed by atoms with Gasteiger partial charge in [-0.25, -0.2) is 4.39 Å². The van der Waals surface area contributed by atoms with Crippen LogP contribution in [0.1, 0.15) is 36.8 Å². The lowest BCUT2D eigenvalue weighted by Gasteiger charge is -2.20. The first-order valence-corrected chi connectivity index (χ1v) is 12.7. The maximum atomic E-state index is 14.1. The normalized spacial score (nSPS) is 18.0. The van der Waals surface area contributed by atoms with E-state index in [0.29, 0.717) is 5.56 Å². The summed E-state index contributed by atoms with van der Waals surface area (Å²) in [5.74, 6) is -0.808. The van der Waals surface area contributed by atoms with E-state index in [-0.39, 0.29) is 23.9 Å². The maximum absolute atomic E-state index is 14.1. The fraction of sp³-hybridized carbons (Fsp3) is 0.296. The Kier molecular flexibility index (Phi) is 6.72. The molecule has 8 heteroatoms. The Labute approximate surface area is 207 Å². The van der Waals surface area contributed by atoms with Crippen LogP contribution < -0.4 is 0 Å². The monoisotopic (exact) mass is 491 g/mol. The molecule has 3 amide bonds. The van der Waals surface area contributed by atoms with Gasteiger partial charge in [0.25, 0.3) is 11.1 Å². The van der Waals surface area contributed by atoms with Gasteiger partial charge >= 0.3 is 0 Å². The van der Waals surface area contributed by atoms with E-state index in [2.05, 4.69) is 0 Å². The van der Waals surface area contributed by atoms with Gasteiger partial charge < -0.3 is 9.47 Å². The average molecular weight is 492 g/mol. The van der Waals surface area contributed by atoms with Crippen LogP contribution in [0.25, 0.3) is 17.0 Å². The third kappa shape index (κ3) is 4.89. The smallest absolute Gasteiger partial charge is 0.293 e. The molecule has 0 N–H and O–H groups in total. The van der Waals surface area contributed by atoms with E-state index in [4.69, 9.17) is 0 Å². The molecule has 2 saturated heterocycles. The number of aromatic nitrogens is 1. The summed E-state index contributed by atoms with van der Waals surface area (Å²) in [5, 5.41) is 0.474. The van der Waals surface area contributed by atoms with Crippen molar-refractivity contribution >= 4 is 45.8 Å². The Hall–Kier alpha value is -3.39. The summed E-state index contributed by atoms with van der Waals surface area (Å²) in [4.78, 5) is 41.9. The first-order chi connectivity index (χ1) is 17.0. The average Bonchev–Trinajstić information content (AvgIpc) is 3.16. The Morgan fingerprint density at radius 3 is 2.46 bits per heavy atom. The van der Waals surface area contributed by atoms with Crippen molar-refractivity contribution in [1.29, 1.82) is 0 Å². The number of thioether (sulfide) groups is 1. The first-order valence-electron chi connectivity index (χ1n) is 11.9. The zero-order valence-electron chi connectivity index (χ0n) is 19.3. The van der Waals surface area contributed by atoms with Crippen LogP contribution in [0, 0.1) is 5.82 Å². The number of carbonyl (C=O) groups excluding carboxylic acids is 3. The summed E-state index contributed by atoms with van der Waals surface area (Å²) in [5.41, 5.74) is 1.95. The van der Waals surface area contributed by atoms with Crippen LogP contribution in [0.4, 0.5) is 9.18 Å². The Morgan fingerprint density at radius 2 is 1.69 bits per heavy atom. The molecule has 0 radical (unpaired) electrons. The lowest BCUT2D eigenvalue weighted by Crippen LogP contribution is -2.34. The minimum Gasteiger partial charge on any atom is -0.341 e. The number of nitrogens with zero attached hydrogens (tertiary/aromatic N) is 3. The van der Waals surface area contributed by atoms with E-state index in [0.717, 1.165) is 71.9 Å². The molecule has 0 saturated carbocycles. The molecule has 5 rings (SSSR count). The molecule has 2 aliphatic rings. The van der Waals surface area contributed by atoms with E-state index in [1.54, 1.807) is 24.3 Å². The highest BCUT2D eigenvalue weighted by Gasteiger charge is 2.35. The van der Waals surface area contributed by atoms with Gasteiger partial charge in [0, 0.05) is 41.3 Å². The van der Waals surface area contributed by atoms with E-state index in [1.807, 2.05) is 39.9 Å². The molecule has 2 fully saturated rings. The molecule has 3 aromatic rings. The molecular formula is C27H26FN3O3S. The standard InChI is InChI=1S/C27H26FN3O3S/c28-22-11-5-3-9-19(22)17-31-26(33)24(35-27(31)34)15-20-16-30(23-12-6-4-10-21(20)23)18-25(32)29-13-7-1-2-8-14-29/h3-6,9-12,15-16H,1-2,7-8,13-14,17-18H2/b24-15-. The quantitative estimate of drug-likeness (QED) is 0.447. The van der Waals surface area contributed by atoms with Crippen molar-refractivity contribution in [3.63, 3.8) is 0 Å². The maximum Gasteiger partial charge on any atom is 0.293 e. The summed E-state index contributed by atoms with van der Waals surface area (Å²) in [6.07, 6.45) is 7.95. The number of hydrogen-bond acceptors (Lipinski definition) is 4. The van der Waals surface area contributed by atoms with Crippen molar-refractivity contribution in [2.75, 3.05) is 13.1 Å². The van der Waals surface area contributed by atoms with Crippen molar-refractivity contribution in [2.24, 2.45) is 0 Å². The summed E-state index contributed by atoms with van der Waals surface area (Å²) in [7, 11) is 0. The second kappa shape index (κ2) is 10.1. The van der Waals surface area contributed by atoms with Crippen molar-refractivity contribution < 1.29 is 18.8 Å². The number of imide groups is 1. The fourth-order valence-electron chi connectivity index (χ4n) is 4.66. The third-order valence-corrected chi connectivity index (χ3v) is 7.44. The zero-order valence-corrected chi connectivity index (χ0v) is 20.1. The number of amides is 3. The van der Waals surface area contributed by atoms with E-state index < -0.39 is 17.0 Å². The highest BCUT2D eigenvalue weighted by molar-refractivity contribution is 8.18. The SMILES string of the molecule is O=C(Cn1cc(/C=C2\SC(=O)N(Cc3ccccc3F)C2=O)c2ccccc21)N1CCCCCC1. The Bertz CT molecular complexity index is 1320. The van der Waals surface area contributed by atoms with Gasteiger partial charge in [-0.2, -0.15) is 0 Å². The molecule has 2 aliphatic heterocycles. The third-order valence-electron chi connectivity index (χ3n) is 6.53. The molecule has 0 aliphatic carbocycles. The number of halogens is 1. The molecule has 3 heterocycles. The van der Waals surface area contributed by atoms with Gasteiger partial charge in [-0.15, -0.1) is 0 Å². The van der Waals surface area contributed by atoms with Crippen LogP contribution in [-0.2, 0) is 22.7 Å².